The van der Waals surface area contributed by atoms with Gasteiger partial charge in [0.2, 0.25) is 0 Å². The van der Waals surface area contributed by atoms with Crippen molar-refractivity contribution >= 4 is 22.2 Å². The number of rotatable bonds is 5. The van der Waals surface area contributed by atoms with Crippen LogP contribution in [0.1, 0.15) is 11.3 Å². The highest BCUT2D eigenvalue weighted by molar-refractivity contribution is 7.12. The Hall–Kier alpha value is -3.68. The largest absolute Gasteiger partial charge is 0.493 e. The zero-order chi connectivity index (χ0) is 22.9. The first-order chi connectivity index (χ1) is 16.8. The van der Waals surface area contributed by atoms with Crippen LogP contribution in [-0.4, -0.2) is 39.7 Å². The van der Waals surface area contributed by atoms with E-state index in [0.717, 1.165) is 63.9 Å². The number of thiazole rings is 1. The second-order valence-corrected chi connectivity index (χ2v) is 9.20. The molecule has 0 spiro atoms. The lowest BCUT2D eigenvalue weighted by Gasteiger charge is -2.20. The molecule has 0 saturated carbocycles. The Morgan fingerprint density at radius 1 is 1.06 bits per heavy atom. The van der Waals surface area contributed by atoms with Gasteiger partial charge in [0.05, 0.1) is 12.6 Å². The zero-order valence-electron chi connectivity index (χ0n) is 18.8. The van der Waals surface area contributed by atoms with Crippen LogP contribution in [-0.2, 0) is 13.1 Å². The minimum atomic E-state index is 0.609. The molecule has 0 fully saturated rings. The van der Waals surface area contributed by atoms with Gasteiger partial charge in [-0.25, -0.2) is 4.98 Å². The fourth-order valence-electron chi connectivity index (χ4n) is 4.52. The average molecular weight is 469 g/mol. The smallest absolute Gasteiger partial charge is 0.193 e. The van der Waals surface area contributed by atoms with Gasteiger partial charge in [-0.15, -0.1) is 11.3 Å². The summed E-state index contributed by atoms with van der Waals surface area (Å²) in [5.41, 5.74) is 5.46. The van der Waals surface area contributed by atoms with Gasteiger partial charge in [0.15, 0.2) is 16.6 Å². The molecule has 7 heteroatoms. The molecule has 6 nitrogen and oxygen atoms in total. The average Bonchev–Trinajstić information content (AvgIpc) is 3.52. The van der Waals surface area contributed by atoms with E-state index in [1.54, 1.807) is 18.4 Å². The molecule has 170 valence electrons. The van der Waals surface area contributed by atoms with E-state index in [1.165, 1.54) is 5.69 Å². The second-order valence-electron chi connectivity index (χ2n) is 8.33. The van der Waals surface area contributed by atoms with Gasteiger partial charge in [0, 0.05) is 65.8 Å². The lowest BCUT2D eigenvalue weighted by Crippen LogP contribution is -2.26. The van der Waals surface area contributed by atoms with Crippen molar-refractivity contribution in [3.05, 3.63) is 89.8 Å². The maximum Gasteiger partial charge on any atom is 0.193 e. The quantitative estimate of drug-likeness (QED) is 0.338. The van der Waals surface area contributed by atoms with E-state index in [9.17, 15) is 0 Å². The molecule has 0 unspecified atom stereocenters. The van der Waals surface area contributed by atoms with Crippen LogP contribution in [0.4, 0.5) is 0 Å². The summed E-state index contributed by atoms with van der Waals surface area (Å²) in [6, 6.07) is 18.9. The van der Waals surface area contributed by atoms with Crippen LogP contribution >= 0.6 is 11.3 Å². The molecule has 3 aromatic heterocycles. The number of para-hydroxylation sites is 1. The van der Waals surface area contributed by atoms with Gasteiger partial charge in [-0.2, -0.15) is 0 Å². The molecule has 0 radical (unpaired) electrons. The van der Waals surface area contributed by atoms with Crippen molar-refractivity contribution in [2.45, 2.75) is 13.1 Å². The fourth-order valence-corrected chi connectivity index (χ4v) is 5.17. The highest BCUT2D eigenvalue weighted by Crippen LogP contribution is 2.39. The fraction of sp³-hybridized carbons (Fsp3) is 0.185. The number of aromatic nitrogens is 3. The minimum Gasteiger partial charge on any atom is -0.493 e. The lowest BCUT2D eigenvalue weighted by atomic mass is 10.0. The Labute approximate surface area is 202 Å². The molecule has 0 bridgehead atoms. The van der Waals surface area contributed by atoms with Gasteiger partial charge >= 0.3 is 0 Å². The molecule has 0 saturated heterocycles. The van der Waals surface area contributed by atoms with Gasteiger partial charge in [0.25, 0.3) is 0 Å². The van der Waals surface area contributed by atoms with Crippen molar-refractivity contribution in [1.82, 2.24) is 19.4 Å². The minimum absolute atomic E-state index is 0.609. The van der Waals surface area contributed by atoms with E-state index in [2.05, 4.69) is 56.0 Å². The first-order valence-electron chi connectivity index (χ1n) is 11.3. The summed E-state index contributed by atoms with van der Waals surface area (Å²) < 4.78 is 14.1. The number of hydrogen-bond donors (Lipinski definition) is 0. The molecular weight excluding hydrogens is 444 g/mol. The number of hydrogen-bond acceptors (Lipinski definition) is 6. The predicted molar refractivity (Wildman–Crippen MR) is 135 cm³/mol. The van der Waals surface area contributed by atoms with Crippen LogP contribution in [0.15, 0.2) is 78.6 Å². The molecule has 6 rings (SSSR count). The highest BCUT2D eigenvalue weighted by atomic mass is 32.1. The summed E-state index contributed by atoms with van der Waals surface area (Å²) in [5.74, 6) is 1.59. The third kappa shape index (κ3) is 3.93. The van der Waals surface area contributed by atoms with Crippen molar-refractivity contribution in [2.24, 2.45) is 0 Å². The molecule has 0 N–H and O–H groups in total. The van der Waals surface area contributed by atoms with Gasteiger partial charge in [-0.3, -0.25) is 14.5 Å². The van der Waals surface area contributed by atoms with E-state index < -0.39 is 0 Å². The third-order valence-corrected chi connectivity index (χ3v) is 6.94. The Bertz CT molecular complexity index is 1440. The van der Waals surface area contributed by atoms with Crippen molar-refractivity contribution in [1.29, 1.82) is 0 Å². The Morgan fingerprint density at radius 2 is 2.00 bits per heavy atom. The topological polar surface area (TPSA) is 52.4 Å². The number of nitrogens with zero attached hydrogens (tertiary/aromatic N) is 4. The molecule has 34 heavy (non-hydrogen) atoms. The summed E-state index contributed by atoms with van der Waals surface area (Å²) in [5, 5.41) is 4.11. The van der Waals surface area contributed by atoms with Crippen molar-refractivity contribution in [3.8, 4) is 27.8 Å². The zero-order valence-corrected chi connectivity index (χ0v) is 19.7. The molecule has 0 aliphatic carbocycles. The van der Waals surface area contributed by atoms with Crippen molar-refractivity contribution < 1.29 is 9.47 Å². The molecule has 0 amide bonds. The van der Waals surface area contributed by atoms with Gasteiger partial charge in [-0.05, 0) is 42.0 Å². The summed E-state index contributed by atoms with van der Waals surface area (Å²) in [6.07, 6.45) is 5.85. The molecule has 5 aromatic rings. The third-order valence-electron chi connectivity index (χ3n) is 6.17. The van der Waals surface area contributed by atoms with Crippen molar-refractivity contribution in [2.75, 3.05) is 20.3 Å². The Kier molecular flexibility index (Phi) is 5.49. The first kappa shape index (κ1) is 20.9. The van der Waals surface area contributed by atoms with Gasteiger partial charge < -0.3 is 9.47 Å². The molecular formula is C27H24N4O2S. The number of benzene rings is 2. The normalized spacial score (nSPS) is 13.9. The van der Waals surface area contributed by atoms with Crippen LogP contribution in [0.25, 0.3) is 27.2 Å². The molecule has 1 aliphatic heterocycles. The highest BCUT2D eigenvalue weighted by Gasteiger charge is 2.22. The van der Waals surface area contributed by atoms with Crippen LogP contribution in [0.2, 0.25) is 0 Å². The van der Waals surface area contributed by atoms with Gasteiger partial charge in [-0.1, -0.05) is 18.2 Å². The number of ether oxygens (including phenoxy) is 2. The van der Waals surface area contributed by atoms with Crippen molar-refractivity contribution in [3.63, 3.8) is 0 Å². The second kappa shape index (κ2) is 8.93. The molecule has 4 heterocycles. The first-order valence-corrected chi connectivity index (χ1v) is 12.1. The predicted octanol–water partition coefficient (Wildman–Crippen LogP) is 5.55. The summed E-state index contributed by atoms with van der Waals surface area (Å²) >= 11 is 1.64. The van der Waals surface area contributed by atoms with E-state index >= 15 is 0 Å². The van der Waals surface area contributed by atoms with Crippen LogP contribution in [0.3, 0.4) is 0 Å². The molecule has 1 aliphatic rings. The van der Waals surface area contributed by atoms with Gasteiger partial charge in [0.1, 0.15) is 6.61 Å². The van der Waals surface area contributed by atoms with Crippen LogP contribution < -0.4 is 9.47 Å². The van der Waals surface area contributed by atoms with E-state index in [0.29, 0.717) is 6.61 Å². The molecule has 0 atom stereocenters. The Balaban J connectivity index is 1.34. The summed E-state index contributed by atoms with van der Waals surface area (Å²) in [6.45, 7) is 3.01. The Morgan fingerprint density at radius 3 is 2.88 bits per heavy atom. The maximum absolute atomic E-state index is 6.18. The van der Waals surface area contributed by atoms with E-state index in [-0.39, 0.29) is 0 Å². The summed E-state index contributed by atoms with van der Waals surface area (Å²) in [4.78, 5) is 11.5. The van der Waals surface area contributed by atoms with E-state index in [4.69, 9.17) is 9.47 Å². The standard InChI is InChI=1S/C27H24N4O2S/c1-32-25-15-20(21-13-19-5-2-3-7-24(19)29-16-21)14-22-17-30(10-11-33-26(22)25)18-23-6-4-9-31(23)27-28-8-12-34-27/h2-9,12-16H,10-11,17-18H2,1H3. The monoisotopic (exact) mass is 468 g/mol. The lowest BCUT2D eigenvalue weighted by molar-refractivity contribution is 0.214. The SMILES string of the molecule is COc1cc(-c2cnc3ccccc3c2)cc2c1OCCN(Cc1cccn1-c1nccs1)C2. The number of methoxy groups -OCH3 is 1. The van der Waals surface area contributed by atoms with E-state index in [1.807, 2.05) is 42.0 Å². The molecule has 2 aromatic carbocycles. The summed E-state index contributed by atoms with van der Waals surface area (Å²) in [7, 11) is 1.70. The number of pyridine rings is 1. The van der Waals surface area contributed by atoms with Crippen LogP contribution in [0.5, 0.6) is 11.5 Å². The number of fused-ring (bicyclic) bond motifs is 2. The van der Waals surface area contributed by atoms with Crippen LogP contribution in [0, 0.1) is 0 Å². The maximum atomic E-state index is 6.18.